The van der Waals surface area contributed by atoms with Crippen LogP contribution in [0.3, 0.4) is 0 Å². The number of carbonyl (C=O) groups is 2. The highest BCUT2D eigenvalue weighted by Gasteiger charge is 2.29. The largest absolute Gasteiger partial charge is 0.450 e. The van der Waals surface area contributed by atoms with Gasteiger partial charge in [0, 0.05) is 25.2 Å². The number of benzene rings is 2. The number of piperidine rings is 1. The summed E-state index contributed by atoms with van der Waals surface area (Å²) in [5.41, 5.74) is 0.419. The highest BCUT2D eigenvalue weighted by atomic mass is 35.5. The quantitative estimate of drug-likeness (QED) is 0.459. The van der Waals surface area contributed by atoms with Crippen LogP contribution < -0.4 is 9.04 Å². The van der Waals surface area contributed by atoms with Crippen LogP contribution in [0, 0.1) is 5.92 Å². The lowest BCUT2D eigenvalue weighted by Gasteiger charge is -2.30. The molecule has 0 N–H and O–H groups in total. The number of nitrogens with zero attached hydrogens (tertiary/aromatic N) is 2. The zero-order valence-corrected chi connectivity index (χ0v) is 19.4. The third kappa shape index (κ3) is 5.52. The van der Waals surface area contributed by atoms with Crippen LogP contribution in [-0.2, 0) is 19.6 Å². The molecule has 0 atom stereocenters. The molecule has 1 amide bonds. The Morgan fingerprint density at radius 1 is 1.06 bits per heavy atom. The maximum Gasteiger partial charge on any atom is 0.409 e. The van der Waals surface area contributed by atoms with Crippen molar-refractivity contribution in [3.8, 4) is 5.75 Å². The Bertz CT molecular complexity index is 1050. The van der Waals surface area contributed by atoms with Crippen molar-refractivity contribution in [2.75, 3.05) is 31.0 Å². The minimum atomic E-state index is -3.75. The molecule has 8 nitrogen and oxygen atoms in total. The van der Waals surface area contributed by atoms with Gasteiger partial charge in [-0.25, -0.2) is 13.2 Å². The van der Waals surface area contributed by atoms with Gasteiger partial charge in [0.25, 0.3) is 10.0 Å². The first-order chi connectivity index (χ1) is 15.2. The van der Waals surface area contributed by atoms with E-state index >= 15 is 0 Å². The van der Waals surface area contributed by atoms with E-state index in [0.29, 0.717) is 49.0 Å². The van der Waals surface area contributed by atoms with E-state index in [1.807, 2.05) is 0 Å². The SMILES string of the molecule is CCOC(=O)N1CCC(C(=O)Oc2ccc(N(C)S(=O)(=O)c3ccc(Cl)cc3)cc2)CC1. The smallest absolute Gasteiger partial charge is 0.409 e. The number of ether oxygens (including phenoxy) is 2. The summed E-state index contributed by atoms with van der Waals surface area (Å²) in [5, 5.41) is 0.448. The fourth-order valence-electron chi connectivity index (χ4n) is 3.34. The third-order valence-corrected chi connectivity index (χ3v) is 7.30. The van der Waals surface area contributed by atoms with Gasteiger partial charge in [-0.05, 0) is 68.3 Å². The third-order valence-electron chi connectivity index (χ3n) is 5.25. The van der Waals surface area contributed by atoms with E-state index in [1.165, 1.54) is 31.3 Å². The van der Waals surface area contributed by atoms with Gasteiger partial charge < -0.3 is 14.4 Å². The van der Waals surface area contributed by atoms with E-state index < -0.39 is 10.0 Å². The molecular weight excluding hydrogens is 456 g/mol. The standard InChI is InChI=1S/C22H25ClN2O6S/c1-3-30-22(27)25-14-12-16(13-15-25)21(26)31-19-8-6-18(7-9-19)24(2)32(28,29)20-10-4-17(23)5-11-20/h4-11,16H,3,12-15H2,1-2H3. The molecule has 0 unspecified atom stereocenters. The molecule has 3 rings (SSSR count). The summed E-state index contributed by atoms with van der Waals surface area (Å²) < 4.78 is 37.2. The van der Waals surface area contributed by atoms with Crippen molar-refractivity contribution >= 4 is 39.4 Å². The molecule has 0 bridgehead atoms. The fourth-order valence-corrected chi connectivity index (χ4v) is 4.66. The zero-order valence-electron chi connectivity index (χ0n) is 17.9. The number of hydrogen-bond donors (Lipinski definition) is 0. The Morgan fingerprint density at radius 3 is 2.22 bits per heavy atom. The molecule has 172 valence electrons. The molecule has 1 fully saturated rings. The maximum absolute atomic E-state index is 12.8. The maximum atomic E-state index is 12.8. The molecule has 1 heterocycles. The first-order valence-corrected chi connectivity index (χ1v) is 12.0. The lowest BCUT2D eigenvalue weighted by atomic mass is 9.97. The van der Waals surface area contributed by atoms with Crippen LogP contribution in [0.25, 0.3) is 0 Å². The van der Waals surface area contributed by atoms with Gasteiger partial charge in [-0.3, -0.25) is 9.10 Å². The molecule has 0 spiro atoms. The van der Waals surface area contributed by atoms with Crippen LogP contribution in [0.1, 0.15) is 19.8 Å². The number of anilines is 1. The van der Waals surface area contributed by atoms with Crippen molar-refractivity contribution in [3.05, 3.63) is 53.6 Å². The minimum absolute atomic E-state index is 0.120. The van der Waals surface area contributed by atoms with Gasteiger partial charge in [0.05, 0.1) is 23.1 Å². The second-order valence-electron chi connectivity index (χ2n) is 7.30. The van der Waals surface area contributed by atoms with Crippen molar-refractivity contribution < 1.29 is 27.5 Å². The van der Waals surface area contributed by atoms with Crippen LogP contribution in [-0.4, -0.2) is 52.1 Å². The van der Waals surface area contributed by atoms with E-state index in [0.717, 1.165) is 4.31 Å². The Kier molecular flexibility index (Phi) is 7.63. The molecule has 32 heavy (non-hydrogen) atoms. The molecular formula is C22H25ClN2O6S. The summed E-state index contributed by atoms with van der Waals surface area (Å²) in [5.74, 6) is -0.361. The van der Waals surface area contributed by atoms with E-state index in [2.05, 4.69) is 0 Å². The summed E-state index contributed by atoms with van der Waals surface area (Å²) in [6.45, 7) is 2.93. The average molecular weight is 481 g/mol. The average Bonchev–Trinajstić information content (AvgIpc) is 2.79. The predicted molar refractivity (Wildman–Crippen MR) is 120 cm³/mol. The van der Waals surface area contributed by atoms with Gasteiger partial charge in [-0.1, -0.05) is 11.6 Å². The molecule has 2 aromatic carbocycles. The molecule has 2 aromatic rings. The highest BCUT2D eigenvalue weighted by Crippen LogP contribution is 2.26. The van der Waals surface area contributed by atoms with Crippen molar-refractivity contribution in [1.82, 2.24) is 4.90 Å². The molecule has 0 aliphatic carbocycles. The van der Waals surface area contributed by atoms with E-state index in [1.54, 1.807) is 36.1 Å². The lowest BCUT2D eigenvalue weighted by Crippen LogP contribution is -2.41. The normalized spacial score (nSPS) is 14.7. The van der Waals surface area contributed by atoms with E-state index in [9.17, 15) is 18.0 Å². The van der Waals surface area contributed by atoms with Crippen molar-refractivity contribution in [2.24, 2.45) is 5.92 Å². The molecule has 0 saturated carbocycles. The number of sulfonamides is 1. The summed E-state index contributed by atoms with van der Waals surface area (Å²) in [6.07, 6.45) is 0.628. The summed E-state index contributed by atoms with van der Waals surface area (Å²) >= 11 is 5.83. The number of esters is 1. The van der Waals surface area contributed by atoms with Crippen LogP contribution in [0.5, 0.6) is 5.75 Å². The van der Waals surface area contributed by atoms with Crippen molar-refractivity contribution in [2.45, 2.75) is 24.7 Å². The molecule has 0 aromatic heterocycles. The summed E-state index contributed by atoms with van der Waals surface area (Å²) in [7, 11) is -2.31. The van der Waals surface area contributed by atoms with Gasteiger partial charge in [0.2, 0.25) is 0 Å². The van der Waals surface area contributed by atoms with Gasteiger partial charge in [0.1, 0.15) is 5.75 Å². The monoisotopic (exact) mass is 480 g/mol. The number of hydrogen-bond acceptors (Lipinski definition) is 6. The van der Waals surface area contributed by atoms with Crippen LogP contribution >= 0.6 is 11.6 Å². The second kappa shape index (κ2) is 10.2. The minimum Gasteiger partial charge on any atom is -0.450 e. The van der Waals surface area contributed by atoms with Crippen LogP contribution in [0.15, 0.2) is 53.4 Å². The fraction of sp³-hybridized carbons (Fsp3) is 0.364. The molecule has 1 saturated heterocycles. The lowest BCUT2D eigenvalue weighted by molar-refractivity contribution is -0.140. The van der Waals surface area contributed by atoms with Gasteiger partial charge >= 0.3 is 12.1 Å². The summed E-state index contributed by atoms with van der Waals surface area (Å²) in [4.78, 5) is 26.0. The van der Waals surface area contributed by atoms with Crippen molar-refractivity contribution in [1.29, 1.82) is 0 Å². The molecule has 1 aliphatic heterocycles. The van der Waals surface area contributed by atoms with Gasteiger partial charge in [-0.15, -0.1) is 0 Å². The van der Waals surface area contributed by atoms with Crippen LogP contribution in [0.2, 0.25) is 5.02 Å². The zero-order chi connectivity index (χ0) is 23.3. The Morgan fingerprint density at radius 2 is 1.66 bits per heavy atom. The van der Waals surface area contributed by atoms with E-state index in [4.69, 9.17) is 21.1 Å². The number of likely N-dealkylation sites (tertiary alicyclic amines) is 1. The molecule has 0 radical (unpaired) electrons. The first-order valence-electron chi connectivity index (χ1n) is 10.2. The second-order valence-corrected chi connectivity index (χ2v) is 9.71. The Hall–Kier alpha value is -2.78. The van der Waals surface area contributed by atoms with Gasteiger partial charge in [-0.2, -0.15) is 0 Å². The Balaban J connectivity index is 1.59. The molecule has 10 heteroatoms. The Labute approximate surface area is 192 Å². The number of rotatable bonds is 6. The number of halogens is 1. The highest BCUT2D eigenvalue weighted by molar-refractivity contribution is 7.92. The number of carbonyl (C=O) groups excluding carboxylic acids is 2. The summed E-state index contributed by atoms with van der Waals surface area (Å²) in [6, 6.07) is 12.2. The van der Waals surface area contributed by atoms with E-state index in [-0.39, 0.29) is 22.9 Å². The number of amides is 1. The topological polar surface area (TPSA) is 93.2 Å². The first kappa shape index (κ1) is 23.9. The predicted octanol–water partition coefficient (Wildman–Crippen LogP) is 3.94. The van der Waals surface area contributed by atoms with Gasteiger partial charge in [0.15, 0.2) is 0 Å². The molecule has 1 aliphatic rings. The van der Waals surface area contributed by atoms with Crippen molar-refractivity contribution in [3.63, 3.8) is 0 Å². The van der Waals surface area contributed by atoms with Crippen LogP contribution in [0.4, 0.5) is 10.5 Å².